The molecule has 1 aliphatic rings. The Labute approximate surface area is 114 Å². The number of amides is 1. The van der Waals surface area contributed by atoms with Gasteiger partial charge in [-0.25, -0.2) is 0 Å². The van der Waals surface area contributed by atoms with E-state index < -0.39 is 5.92 Å². The molecule has 0 fully saturated rings. The molecule has 1 atom stereocenters. The summed E-state index contributed by atoms with van der Waals surface area (Å²) >= 11 is 3.44. The van der Waals surface area contributed by atoms with Crippen molar-refractivity contribution in [3.05, 3.63) is 28.2 Å². The van der Waals surface area contributed by atoms with Crippen molar-refractivity contribution in [2.45, 2.75) is 20.5 Å². The smallest absolute Gasteiger partial charge is 0.239 e. The molecule has 1 aliphatic heterocycles. The van der Waals surface area contributed by atoms with Gasteiger partial charge in [0.05, 0.1) is 18.2 Å². The van der Waals surface area contributed by atoms with Crippen molar-refractivity contribution in [3.8, 4) is 0 Å². The second-order valence-electron chi connectivity index (χ2n) is 4.31. The number of carbonyl (C=O) groups is 2. The fourth-order valence-corrected chi connectivity index (χ4v) is 2.31. The van der Waals surface area contributed by atoms with E-state index in [2.05, 4.69) is 15.9 Å². The Morgan fingerprint density at radius 3 is 2.83 bits per heavy atom. The summed E-state index contributed by atoms with van der Waals surface area (Å²) in [6, 6.07) is 5.64. The van der Waals surface area contributed by atoms with Crippen LogP contribution in [0.1, 0.15) is 19.4 Å². The summed E-state index contributed by atoms with van der Waals surface area (Å²) < 4.78 is 6.31. The summed E-state index contributed by atoms with van der Waals surface area (Å²) in [6.07, 6.45) is 0. The summed E-state index contributed by atoms with van der Waals surface area (Å²) in [5, 5.41) is 0. The number of benzene rings is 1. The van der Waals surface area contributed by atoms with Gasteiger partial charge in [0, 0.05) is 10.0 Å². The molecule has 1 aromatic carbocycles. The Balaban J connectivity index is 2.36. The largest absolute Gasteiger partial charge is 0.356 e. The van der Waals surface area contributed by atoms with Crippen LogP contribution in [0.4, 0.5) is 5.69 Å². The van der Waals surface area contributed by atoms with Crippen molar-refractivity contribution in [3.63, 3.8) is 0 Å². The van der Waals surface area contributed by atoms with Gasteiger partial charge < -0.3 is 4.74 Å². The van der Waals surface area contributed by atoms with Gasteiger partial charge in [0.2, 0.25) is 5.91 Å². The maximum Gasteiger partial charge on any atom is 0.239 e. The van der Waals surface area contributed by atoms with E-state index in [-0.39, 0.29) is 18.4 Å². The maximum absolute atomic E-state index is 12.2. The van der Waals surface area contributed by atoms with Gasteiger partial charge >= 0.3 is 0 Å². The van der Waals surface area contributed by atoms with Crippen molar-refractivity contribution in [1.82, 2.24) is 0 Å². The van der Waals surface area contributed by atoms with E-state index in [0.29, 0.717) is 6.61 Å². The second kappa shape index (κ2) is 5.20. The van der Waals surface area contributed by atoms with Crippen molar-refractivity contribution >= 4 is 33.3 Å². The van der Waals surface area contributed by atoms with E-state index in [9.17, 15) is 9.59 Å². The summed E-state index contributed by atoms with van der Waals surface area (Å²) in [5.74, 6) is -0.998. The van der Waals surface area contributed by atoms with Crippen LogP contribution >= 0.6 is 15.9 Å². The normalized spacial score (nSPS) is 16.1. The van der Waals surface area contributed by atoms with Gasteiger partial charge in [-0.05, 0) is 26.0 Å². The lowest BCUT2D eigenvalue weighted by Crippen LogP contribution is -2.41. The monoisotopic (exact) mass is 311 g/mol. The SMILES string of the molecule is CC(=O)C(C)C(=O)N1COCc2c(Br)cccc21. The fraction of sp³-hybridized carbons (Fsp3) is 0.385. The van der Waals surface area contributed by atoms with Gasteiger partial charge in [-0.3, -0.25) is 14.5 Å². The van der Waals surface area contributed by atoms with Gasteiger partial charge in [-0.2, -0.15) is 0 Å². The predicted molar refractivity (Wildman–Crippen MR) is 71.1 cm³/mol. The zero-order chi connectivity index (χ0) is 13.3. The second-order valence-corrected chi connectivity index (χ2v) is 5.17. The lowest BCUT2D eigenvalue weighted by molar-refractivity contribution is -0.131. The van der Waals surface area contributed by atoms with Crippen LogP contribution in [0, 0.1) is 5.92 Å². The molecule has 0 saturated heterocycles. The first kappa shape index (κ1) is 13.2. The highest BCUT2D eigenvalue weighted by Crippen LogP contribution is 2.32. The average molecular weight is 312 g/mol. The number of nitrogens with zero attached hydrogens (tertiary/aromatic N) is 1. The van der Waals surface area contributed by atoms with Crippen LogP contribution < -0.4 is 4.90 Å². The molecule has 1 heterocycles. The third kappa shape index (κ3) is 2.33. The third-order valence-corrected chi connectivity index (χ3v) is 3.84. The van der Waals surface area contributed by atoms with Gasteiger partial charge in [0.1, 0.15) is 12.5 Å². The number of rotatable bonds is 2. The first-order chi connectivity index (χ1) is 8.52. The van der Waals surface area contributed by atoms with Crippen LogP contribution in [0.2, 0.25) is 0 Å². The van der Waals surface area contributed by atoms with E-state index in [4.69, 9.17) is 4.74 Å². The Bertz CT molecular complexity index is 501. The van der Waals surface area contributed by atoms with E-state index >= 15 is 0 Å². The fourth-order valence-electron chi connectivity index (χ4n) is 1.84. The summed E-state index contributed by atoms with van der Waals surface area (Å²) in [4.78, 5) is 25.1. The number of carbonyl (C=O) groups excluding carboxylic acids is 2. The predicted octanol–water partition coefficient (Wildman–Crippen LogP) is 2.49. The van der Waals surface area contributed by atoms with Crippen LogP contribution in [0.3, 0.4) is 0 Å². The Hall–Kier alpha value is -1.20. The minimum atomic E-state index is -0.640. The maximum atomic E-state index is 12.2. The summed E-state index contributed by atoms with van der Waals surface area (Å²) in [7, 11) is 0. The zero-order valence-corrected chi connectivity index (χ0v) is 11.9. The van der Waals surface area contributed by atoms with E-state index in [0.717, 1.165) is 15.7 Å². The van der Waals surface area contributed by atoms with Crippen LogP contribution in [0.25, 0.3) is 0 Å². The molecule has 0 N–H and O–H groups in total. The molecule has 4 nitrogen and oxygen atoms in total. The van der Waals surface area contributed by atoms with Crippen LogP contribution in [0.5, 0.6) is 0 Å². The van der Waals surface area contributed by atoms with Gasteiger partial charge in [-0.1, -0.05) is 22.0 Å². The average Bonchev–Trinajstić information content (AvgIpc) is 2.37. The number of fused-ring (bicyclic) bond motifs is 1. The first-order valence-corrected chi connectivity index (χ1v) is 6.48. The molecule has 0 spiro atoms. The molecular formula is C13H14BrNO3. The van der Waals surface area contributed by atoms with Crippen molar-refractivity contribution in [2.24, 2.45) is 5.92 Å². The Morgan fingerprint density at radius 1 is 1.44 bits per heavy atom. The van der Waals surface area contributed by atoms with Gasteiger partial charge in [-0.15, -0.1) is 0 Å². The molecule has 0 bridgehead atoms. The zero-order valence-electron chi connectivity index (χ0n) is 10.3. The van der Waals surface area contributed by atoms with Crippen LogP contribution in [0.15, 0.2) is 22.7 Å². The molecular weight excluding hydrogens is 298 g/mol. The minimum absolute atomic E-state index is 0.137. The van der Waals surface area contributed by atoms with Crippen molar-refractivity contribution < 1.29 is 14.3 Å². The molecule has 1 amide bonds. The first-order valence-electron chi connectivity index (χ1n) is 5.69. The number of hydrogen-bond donors (Lipinski definition) is 0. The molecule has 1 aromatic rings. The highest BCUT2D eigenvalue weighted by molar-refractivity contribution is 9.10. The molecule has 0 aliphatic carbocycles. The van der Waals surface area contributed by atoms with E-state index in [1.165, 1.54) is 11.8 Å². The number of halogens is 1. The number of ether oxygens (including phenoxy) is 1. The molecule has 0 saturated carbocycles. The molecule has 0 aromatic heterocycles. The van der Waals surface area contributed by atoms with Gasteiger partial charge in [0.15, 0.2) is 0 Å². The molecule has 2 rings (SSSR count). The number of ketones is 1. The Kier molecular flexibility index (Phi) is 3.82. The standard InChI is InChI=1S/C13H14BrNO3/c1-8(9(2)16)13(17)15-7-18-6-10-11(14)4-3-5-12(10)15/h3-5,8H,6-7H2,1-2H3. The topological polar surface area (TPSA) is 46.6 Å². The van der Waals surface area contributed by atoms with Gasteiger partial charge in [0.25, 0.3) is 0 Å². The quantitative estimate of drug-likeness (QED) is 0.788. The molecule has 18 heavy (non-hydrogen) atoms. The number of Topliss-reactive ketones (excluding diaryl/α,β-unsaturated/α-hetero) is 1. The Morgan fingerprint density at radius 2 is 2.17 bits per heavy atom. The van der Waals surface area contributed by atoms with Crippen molar-refractivity contribution in [2.75, 3.05) is 11.6 Å². The van der Waals surface area contributed by atoms with Crippen LogP contribution in [-0.4, -0.2) is 18.4 Å². The lowest BCUT2D eigenvalue weighted by atomic mass is 10.0. The summed E-state index contributed by atoms with van der Waals surface area (Å²) in [6.45, 7) is 3.71. The molecule has 5 heteroatoms. The lowest BCUT2D eigenvalue weighted by Gasteiger charge is -2.31. The van der Waals surface area contributed by atoms with Crippen LogP contribution in [-0.2, 0) is 20.9 Å². The number of anilines is 1. The highest BCUT2D eigenvalue weighted by Gasteiger charge is 2.29. The molecule has 96 valence electrons. The van der Waals surface area contributed by atoms with Crippen molar-refractivity contribution in [1.29, 1.82) is 0 Å². The number of hydrogen-bond acceptors (Lipinski definition) is 3. The van der Waals surface area contributed by atoms with E-state index in [1.54, 1.807) is 6.92 Å². The molecule has 1 unspecified atom stereocenters. The summed E-state index contributed by atoms with van der Waals surface area (Å²) in [5.41, 5.74) is 1.75. The van der Waals surface area contributed by atoms with E-state index in [1.807, 2.05) is 18.2 Å². The third-order valence-electron chi connectivity index (χ3n) is 3.10. The highest BCUT2D eigenvalue weighted by atomic mass is 79.9. The molecule has 0 radical (unpaired) electrons. The minimum Gasteiger partial charge on any atom is -0.356 e.